The van der Waals surface area contributed by atoms with Gasteiger partial charge in [-0.15, -0.1) is 18.8 Å². The second-order valence-electron chi connectivity index (χ2n) is 15.2. The van der Waals surface area contributed by atoms with Crippen LogP contribution >= 0.6 is 7.92 Å². The molecule has 0 aromatic heterocycles. The molecule has 0 spiro atoms. The van der Waals surface area contributed by atoms with Crippen LogP contribution in [0, 0.1) is 116 Å². The molecule has 4 aromatic rings. The van der Waals surface area contributed by atoms with Crippen molar-refractivity contribution in [2.75, 3.05) is 0 Å². The van der Waals surface area contributed by atoms with Gasteiger partial charge in [-0.1, -0.05) is 41.5 Å². The third-order valence-corrected chi connectivity index (χ3v) is 14.4. The lowest BCUT2D eigenvalue weighted by molar-refractivity contribution is 0.381. The predicted octanol–water partition coefficient (Wildman–Crippen LogP) is 9.25. The van der Waals surface area contributed by atoms with Crippen molar-refractivity contribution in [1.82, 2.24) is 0 Å². The molecule has 308 valence electrons. The maximum absolute atomic E-state index is 16.3. The predicted molar refractivity (Wildman–Crippen MR) is 169 cm³/mol. The molecule has 0 N–H and O–H groups in total. The average Bonchev–Trinajstić information content (AvgIpc) is 3.75. The van der Waals surface area contributed by atoms with E-state index in [-0.39, 0.29) is 0 Å². The number of rotatable bonds is 6. The van der Waals surface area contributed by atoms with Gasteiger partial charge in [0, 0.05) is 0 Å². The van der Waals surface area contributed by atoms with Gasteiger partial charge >= 0.3 is 0 Å². The van der Waals surface area contributed by atoms with Crippen LogP contribution < -0.4 is 21.9 Å². The highest BCUT2D eigenvalue weighted by Crippen LogP contribution is 2.76. The first-order valence-corrected chi connectivity index (χ1v) is 17.4. The van der Waals surface area contributed by atoms with Gasteiger partial charge in [-0.3, -0.25) is 0 Å². The summed E-state index contributed by atoms with van der Waals surface area (Å²) in [6, 6.07) is 0. The molecule has 23 heteroatoms. The minimum Gasteiger partial charge on any atom is -0.207 e. The Kier molecular flexibility index (Phi) is 10.9. The third-order valence-electron chi connectivity index (χ3n) is 10.1. The molecule has 1 fully saturated rings. The van der Waals surface area contributed by atoms with Gasteiger partial charge < -0.3 is 0 Å². The first-order valence-electron chi connectivity index (χ1n) is 16.0. The Morgan fingerprint density at radius 1 is 0.333 bits per heavy atom. The van der Waals surface area contributed by atoms with Crippen molar-refractivity contribution in [3.05, 3.63) is 116 Å². The second kappa shape index (κ2) is 14.1. The highest BCUT2D eigenvalue weighted by atomic mass is 31.1. The fourth-order valence-electron chi connectivity index (χ4n) is 8.55. The largest absolute Gasteiger partial charge is 0.207 e. The highest BCUT2D eigenvalue weighted by molar-refractivity contribution is 7.68. The number of hydrogen-bond donors (Lipinski definition) is 0. The van der Waals surface area contributed by atoms with Crippen molar-refractivity contribution in [2.45, 2.75) is 63.1 Å². The Bertz CT molecular complexity index is 2120. The Balaban J connectivity index is 2.25. The minimum absolute atomic E-state index is 1.17. The molecule has 2 atom stereocenters. The van der Waals surface area contributed by atoms with Crippen LogP contribution in [0.3, 0.4) is 0 Å². The fraction of sp³-hybridized carbons (Fsp3) is 0.294. The molecule has 4 aromatic carbocycles. The lowest BCUT2D eigenvalue weighted by Gasteiger charge is -2.47. The van der Waals surface area contributed by atoms with E-state index in [4.69, 9.17) is 0 Å². The summed E-state index contributed by atoms with van der Waals surface area (Å²) in [7, 11) is -2.89. The fourth-order valence-corrected chi connectivity index (χ4v) is 14.0. The Labute approximate surface area is 310 Å². The lowest BCUT2D eigenvalue weighted by Crippen LogP contribution is -2.61. The van der Waals surface area contributed by atoms with E-state index in [1.807, 2.05) is 0 Å². The van der Waals surface area contributed by atoms with E-state index in [2.05, 4.69) is 0 Å². The van der Waals surface area contributed by atoms with Gasteiger partial charge in [-0.25, -0.2) is 87.8 Å². The first-order chi connectivity index (χ1) is 25.9. The maximum Gasteiger partial charge on any atom is 0.200 e. The van der Waals surface area contributed by atoms with Crippen LogP contribution in [0.5, 0.6) is 0 Å². The summed E-state index contributed by atoms with van der Waals surface area (Å²) in [5, 5.41) is -3.32. The van der Waals surface area contributed by atoms with Gasteiger partial charge in [0.25, 0.3) is 0 Å². The van der Waals surface area contributed by atoms with E-state index in [1.165, 1.54) is 41.5 Å². The summed E-state index contributed by atoms with van der Waals surface area (Å²) in [6.45, 7) is 3.13. The van der Waals surface area contributed by atoms with Crippen LogP contribution in [0.1, 0.15) is 41.5 Å². The van der Waals surface area contributed by atoms with Gasteiger partial charge in [-0.2, -0.15) is 11.3 Å². The zero-order chi connectivity index (χ0) is 43.7. The Morgan fingerprint density at radius 2 is 0.526 bits per heavy atom. The zero-order valence-corrected chi connectivity index (χ0v) is 30.2. The second-order valence-corrected chi connectivity index (χ2v) is 19.2. The summed E-state index contributed by atoms with van der Waals surface area (Å²) < 4.78 is 307. The molecule has 0 bridgehead atoms. The molecule has 0 unspecified atom stereocenters. The standard InChI is InChI=1S/C34H20B2F20P/c1-33(2,3)57(34(4,5)6)32-31(35(7-11(37)19(45)27(53)20(46)12(7)38)8-13(39)21(47)28(54)22(48)14(8)40)36(32,9-15(41)23(49)29(55)24(50)16(9)42)10-17(43)25(51)30(56)26(52)18(10)44/h31-32H,1-6H3/q-1/t31-,32+/m1/s1. The van der Waals surface area contributed by atoms with Crippen molar-refractivity contribution in [3.8, 4) is 0 Å². The minimum atomic E-state index is -5.45. The van der Waals surface area contributed by atoms with E-state index in [0.29, 0.717) is 0 Å². The summed E-state index contributed by atoms with van der Waals surface area (Å²) in [5.74, 6) is -61.7. The van der Waals surface area contributed by atoms with Crippen molar-refractivity contribution >= 4 is 42.6 Å². The Morgan fingerprint density at radius 3 is 0.737 bits per heavy atom. The SMILES string of the molecule is CC(C)(C)P([C@H]1[C@H](B(c2c(F)c(F)c(F)c(F)c2F)c2c(F)c(F)c(F)c(F)c2F)[B-]1(c1c(F)c(F)c(F)c(F)c1F)c1c(F)c(F)c(F)c(F)c1F)C(C)(C)C. The maximum atomic E-state index is 16.3. The van der Waals surface area contributed by atoms with Crippen molar-refractivity contribution in [1.29, 1.82) is 0 Å². The van der Waals surface area contributed by atoms with Gasteiger partial charge in [0.15, 0.2) is 99.8 Å². The van der Waals surface area contributed by atoms with Crippen LogP contribution in [0.15, 0.2) is 0 Å². The first kappa shape index (κ1) is 44.1. The van der Waals surface area contributed by atoms with E-state index in [1.54, 1.807) is 0 Å². The molecule has 1 saturated heterocycles. The molecule has 1 aliphatic rings. The summed E-state index contributed by atoms with van der Waals surface area (Å²) in [5.41, 5.74) is -16.5. The number of hydrogen-bond acceptors (Lipinski definition) is 0. The molecule has 0 radical (unpaired) electrons. The van der Waals surface area contributed by atoms with Crippen molar-refractivity contribution < 1.29 is 87.8 Å². The average molecular weight is 861 g/mol. The molecule has 0 aliphatic carbocycles. The molecular formula is C34H20B2F20P-. The third kappa shape index (κ3) is 6.11. The van der Waals surface area contributed by atoms with E-state index in [0.717, 1.165) is 0 Å². The molecule has 0 nitrogen and oxygen atoms in total. The van der Waals surface area contributed by atoms with Gasteiger partial charge in [0.05, 0.1) is 6.15 Å². The van der Waals surface area contributed by atoms with E-state index >= 15 is 52.7 Å². The molecule has 0 saturated carbocycles. The molecular weight excluding hydrogens is 841 g/mol. The summed E-state index contributed by atoms with van der Waals surface area (Å²) >= 11 is 0. The van der Waals surface area contributed by atoms with Gasteiger partial charge in [0.1, 0.15) is 23.3 Å². The van der Waals surface area contributed by atoms with Gasteiger partial charge in [-0.05, 0) is 21.2 Å². The molecule has 1 aliphatic heterocycles. The van der Waals surface area contributed by atoms with Crippen LogP contribution in [-0.2, 0) is 0 Å². The topological polar surface area (TPSA) is 0 Å². The Hall–Kier alpha value is -3.96. The summed E-state index contributed by atoms with van der Waals surface area (Å²) in [6.07, 6.45) is -5.45. The number of benzene rings is 4. The van der Waals surface area contributed by atoms with Crippen LogP contribution in [-0.4, -0.2) is 28.7 Å². The monoisotopic (exact) mass is 861 g/mol. The molecule has 0 amide bonds. The van der Waals surface area contributed by atoms with Crippen molar-refractivity contribution in [3.63, 3.8) is 0 Å². The summed E-state index contributed by atoms with van der Waals surface area (Å²) in [4.78, 5) is 0. The zero-order valence-electron chi connectivity index (χ0n) is 29.3. The van der Waals surface area contributed by atoms with E-state index < -0.39 is 181 Å². The number of halogens is 20. The van der Waals surface area contributed by atoms with Crippen LogP contribution in [0.2, 0.25) is 5.72 Å². The quantitative estimate of drug-likeness (QED) is 0.0597. The van der Waals surface area contributed by atoms with Crippen molar-refractivity contribution in [2.24, 2.45) is 0 Å². The van der Waals surface area contributed by atoms with Crippen LogP contribution in [0.25, 0.3) is 0 Å². The van der Waals surface area contributed by atoms with E-state index in [9.17, 15) is 35.1 Å². The molecule has 5 rings (SSSR count). The molecule has 57 heavy (non-hydrogen) atoms. The van der Waals surface area contributed by atoms with Gasteiger partial charge in [0.2, 0.25) is 0 Å². The van der Waals surface area contributed by atoms with Crippen LogP contribution in [0.4, 0.5) is 87.8 Å². The normalized spacial score (nSPS) is 16.9. The highest BCUT2D eigenvalue weighted by Gasteiger charge is 2.71. The lowest BCUT2D eigenvalue weighted by atomic mass is 9.20. The molecule has 1 heterocycles. The smallest absolute Gasteiger partial charge is 0.200 e.